The van der Waals surface area contributed by atoms with Crippen LogP contribution in [0.4, 0.5) is 10.5 Å². The Kier molecular flexibility index (Phi) is 9.01. The molecule has 180 valence electrons. The van der Waals surface area contributed by atoms with Crippen molar-refractivity contribution in [2.75, 3.05) is 5.32 Å². The highest BCUT2D eigenvalue weighted by molar-refractivity contribution is 8.13. The van der Waals surface area contributed by atoms with Crippen molar-refractivity contribution < 1.29 is 24.2 Å². The molecule has 0 unspecified atom stereocenters. The molecule has 0 radical (unpaired) electrons. The van der Waals surface area contributed by atoms with Crippen molar-refractivity contribution in [3.63, 3.8) is 0 Å². The van der Waals surface area contributed by atoms with E-state index >= 15 is 0 Å². The minimum absolute atomic E-state index is 0.0262. The minimum atomic E-state index is -0.396. The predicted molar refractivity (Wildman–Crippen MR) is 128 cm³/mol. The van der Waals surface area contributed by atoms with Gasteiger partial charge < -0.3 is 10.2 Å². The molecule has 2 N–H and O–H groups in total. The molecule has 0 aliphatic carbocycles. The first-order valence-corrected chi connectivity index (χ1v) is 11.8. The lowest BCUT2D eigenvalue weighted by molar-refractivity contribution is -0.432. The smallest absolute Gasteiger partial charge is 0.289 e. The lowest BCUT2D eigenvalue weighted by Gasteiger charge is -2.29. The normalized spacial score (nSPS) is 11.1. The van der Waals surface area contributed by atoms with Gasteiger partial charge in [-0.15, -0.1) is 9.43 Å². The summed E-state index contributed by atoms with van der Waals surface area (Å²) in [5.74, 6) is -0.396. The Labute approximate surface area is 204 Å². The number of nitrogens with zero attached hydrogens (tertiary/aromatic N) is 5. The van der Waals surface area contributed by atoms with Gasteiger partial charge in [0.1, 0.15) is 0 Å². The number of carbonyl (C=O) groups excluding carboxylic acids is 2. The zero-order chi connectivity index (χ0) is 24.7. The summed E-state index contributed by atoms with van der Waals surface area (Å²) in [7, 11) is 0. The molecule has 3 rings (SSSR count). The van der Waals surface area contributed by atoms with E-state index in [1.54, 1.807) is 53.4 Å². The van der Waals surface area contributed by atoms with Gasteiger partial charge in [0.15, 0.2) is 0 Å². The fourth-order valence-corrected chi connectivity index (χ4v) is 4.72. The molecule has 0 spiro atoms. The van der Waals surface area contributed by atoms with Crippen LogP contribution in [0.3, 0.4) is 0 Å². The van der Waals surface area contributed by atoms with Gasteiger partial charge in [0.2, 0.25) is 5.16 Å². The number of hydrogen-bond acceptors (Lipinski definition) is 10. The van der Waals surface area contributed by atoms with Gasteiger partial charge in [0.25, 0.3) is 11.1 Å². The van der Waals surface area contributed by atoms with Gasteiger partial charge in [-0.1, -0.05) is 23.2 Å². The van der Waals surface area contributed by atoms with E-state index in [9.17, 15) is 9.59 Å². The summed E-state index contributed by atoms with van der Waals surface area (Å²) in [4.78, 5) is 27.9. The average molecular weight is 505 g/mol. The van der Waals surface area contributed by atoms with Gasteiger partial charge in [0, 0.05) is 29.5 Å². The lowest BCUT2D eigenvalue weighted by Crippen LogP contribution is -2.39. The van der Waals surface area contributed by atoms with E-state index in [-0.39, 0.29) is 17.3 Å². The summed E-state index contributed by atoms with van der Waals surface area (Å²) in [6, 6.07) is 13.6. The zero-order valence-corrected chi connectivity index (χ0v) is 20.5. The van der Waals surface area contributed by atoms with Crippen LogP contribution in [-0.2, 0) is 9.37 Å². The van der Waals surface area contributed by atoms with Gasteiger partial charge >= 0.3 is 0 Å². The first-order chi connectivity index (χ1) is 16.3. The number of benzene rings is 2. The number of tetrazole rings is 1. The quantitative estimate of drug-likeness (QED) is 0.183. The molecule has 1 heterocycles. The summed E-state index contributed by atoms with van der Waals surface area (Å²) in [5, 5.41) is 26.7. The number of rotatable bonds is 9. The van der Waals surface area contributed by atoms with Crippen molar-refractivity contribution >= 4 is 40.6 Å². The zero-order valence-electron chi connectivity index (χ0n) is 18.9. The van der Waals surface area contributed by atoms with Gasteiger partial charge in [-0.3, -0.25) is 9.59 Å². The van der Waals surface area contributed by atoms with Crippen LogP contribution in [0.5, 0.6) is 0 Å². The van der Waals surface area contributed by atoms with Crippen LogP contribution in [0, 0.1) is 0 Å². The van der Waals surface area contributed by atoms with Crippen molar-refractivity contribution in [2.45, 2.75) is 49.8 Å². The Balaban J connectivity index is 1.79. The van der Waals surface area contributed by atoms with Gasteiger partial charge in [-0.25, -0.2) is 5.26 Å². The van der Waals surface area contributed by atoms with Crippen LogP contribution < -0.4 is 5.32 Å². The molecule has 0 aliphatic rings. The maximum atomic E-state index is 12.8. The molecular weight excluding hydrogens is 480 g/mol. The van der Waals surface area contributed by atoms with Crippen LogP contribution in [0.15, 0.2) is 58.6 Å². The maximum absolute atomic E-state index is 12.8. The molecule has 0 atom stereocenters. The monoisotopic (exact) mass is 504 g/mol. The molecule has 0 bridgehead atoms. The second-order valence-corrected chi connectivity index (χ2v) is 9.22. The summed E-state index contributed by atoms with van der Waals surface area (Å²) < 4.78 is 5.89. The van der Waals surface area contributed by atoms with E-state index in [1.165, 1.54) is 4.68 Å². The highest BCUT2D eigenvalue weighted by Gasteiger charge is 2.24. The van der Waals surface area contributed by atoms with Gasteiger partial charge in [-0.2, -0.15) is 4.68 Å². The fraction of sp³-hybridized carbons (Fsp3) is 0.286. The second kappa shape index (κ2) is 11.9. The molecule has 2 amide bonds. The largest absolute Gasteiger partial charge is 0.328 e. The highest BCUT2D eigenvalue weighted by Crippen LogP contribution is 2.27. The van der Waals surface area contributed by atoms with E-state index in [0.29, 0.717) is 39.0 Å². The number of amides is 2. The summed E-state index contributed by atoms with van der Waals surface area (Å²) in [5.41, 5.74) is 1.38. The van der Waals surface area contributed by atoms with Crippen molar-refractivity contribution in [1.29, 1.82) is 0 Å². The first kappa shape index (κ1) is 25.6. The molecule has 2 aromatic carbocycles. The Hall–Kier alpha value is -2.97. The van der Waals surface area contributed by atoms with Crippen LogP contribution in [0.25, 0.3) is 5.69 Å². The molecule has 0 saturated carbocycles. The molecule has 3 aromatic rings. The molecule has 34 heavy (non-hydrogen) atoms. The third kappa shape index (κ3) is 6.33. The number of anilines is 1. The standard InChI is InChI=1S/C21H24N6O5S2/c1-13(2)26(14(3)4)21(29)33-20-23-24-25-27(20)16-9-7-8-15(12-16)22-19(28)17-10-5-6-11-18(17)34-32-31-30/h5-14,30H,1-4H3,(H,22,28). The molecule has 1 aromatic heterocycles. The van der Waals surface area contributed by atoms with E-state index in [4.69, 9.17) is 5.26 Å². The predicted octanol–water partition coefficient (Wildman–Crippen LogP) is 4.67. The third-order valence-corrected chi connectivity index (χ3v) is 6.06. The van der Waals surface area contributed by atoms with E-state index < -0.39 is 5.91 Å². The first-order valence-electron chi connectivity index (χ1n) is 10.3. The minimum Gasteiger partial charge on any atom is -0.328 e. The summed E-state index contributed by atoms with van der Waals surface area (Å²) in [6.07, 6.45) is 0. The van der Waals surface area contributed by atoms with Crippen molar-refractivity contribution in [2.24, 2.45) is 0 Å². The molecule has 0 fully saturated rings. The Morgan fingerprint density at radius 1 is 1.09 bits per heavy atom. The Bertz CT molecular complexity index is 1130. The number of aromatic nitrogens is 4. The van der Waals surface area contributed by atoms with Crippen LogP contribution in [-0.4, -0.2) is 53.6 Å². The van der Waals surface area contributed by atoms with Crippen molar-refractivity contribution in [1.82, 2.24) is 25.1 Å². The highest BCUT2D eigenvalue weighted by atomic mass is 32.2. The van der Waals surface area contributed by atoms with Crippen LogP contribution >= 0.6 is 23.8 Å². The van der Waals surface area contributed by atoms with Gasteiger partial charge in [-0.05, 0) is 68.5 Å². The Morgan fingerprint density at radius 2 is 1.82 bits per heavy atom. The number of hydrogen-bond donors (Lipinski definition) is 2. The lowest BCUT2D eigenvalue weighted by atomic mass is 10.2. The molecule has 0 saturated heterocycles. The second-order valence-electron chi connectivity index (χ2n) is 7.56. The van der Waals surface area contributed by atoms with Crippen molar-refractivity contribution in [3.05, 3.63) is 54.1 Å². The number of carbonyl (C=O) groups is 2. The SMILES string of the molecule is CC(C)N(C(=O)Sc1nnnn1-c1cccc(NC(=O)c2ccccc2SOOO)c1)C(C)C. The molecule has 11 nitrogen and oxygen atoms in total. The third-order valence-electron chi connectivity index (χ3n) is 4.58. The molecule has 0 aliphatic heterocycles. The van der Waals surface area contributed by atoms with E-state index in [0.717, 1.165) is 11.8 Å². The number of nitrogens with one attached hydrogen (secondary N) is 1. The topological polar surface area (TPSA) is 132 Å². The maximum Gasteiger partial charge on any atom is 0.289 e. The average Bonchev–Trinajstić information content (AvgIpc) is 3.25. The number of thioether (sulfide) groups is 1. The van der Waals surface area contributed by atoms with E-state index in [2.05, 4.69) is 30.2 Å². The molecule has 13 heteroatoms. The summed E-state index contributed by atoms with van der Waals surface area (Å²) in [6.45, 7) is 7.81. The van der Waals surface area contributed by atoms with Crippen LogP contribution in [0.2, 0.25) is 0 Å². The fourth-order valence-electron chi connectivity index (χ4n) is 3.25. The Morgan fingerprint density at radius 3 is 2.53 bits per heavy atom. The van der Waals surface area contributed by atoms with Gasteiger partial charge in [0.05, 0.1) is 28.2 Å². The van der Waals surface area contributed by atoms with E-state index in [1.807, 2.05) is 27.7 Å². The molecular formula is C21H24N6O5S2. The van der Waals surface area contributed by atoms with Crippen molar-refractivity contribution in [3.8, 4) is 5.69 Å². The van der Waals surface area contributed by atoms with Crippen LogP contribution in [0.1, 0.15) is 38.1 Å². The summed E-state index contributed by atoms with van der Waals surface area (Å²) >= 11 is 1.64.